The van der Waals surface area contributed by atoms with Crippen LogP contribution in [0.15, 0.2) is 23.7 Å². The van der Waals surface area contributed by atoms with Crippen molar-refractivity contribution in [3.63, 3.8) is 0 Å². The maximum absolute atomic E-state index is 4.72. The van der Waals surface area contributed by atoms with Gasteiger partial charge in [0.05, 0.1) is 6.54 Å². The average Bonchev–Trinajstić information content (AvgIpc) is 3.12. The highest BCUT2D eigenvalue weighted by Crippen LogP contribution is 2.06. The number of hydrogen-bond acceptors (Lipinski definition) is 4. The van der Waals surface area contributed by atoms with Crippen molar-refractivity contribution < 1.29 is 0 Å². The van der Waals surface area contributed by atoms with Crippen LogP contribution in [0.5, 0.6) is 0 Å². The van der Waals surface area contributed by atoms with Gasteiger partial charge in [0.25, 0.3) is 0 Å². The molecule has 132 valence electrons. The van der Waals surface area contributed by atoms with Crippen molar-refractivity contribution in [2.45, 2.75) is 40.4 Å². The number of aromatic nitrogens is 5. The largest absolute Gasteiger partial charge is 0.357 e. The fourth-order valence-electron chi connectivity index (χ4n) is 2.42. The molecule has 24 heavy (non-hydrogen) atoms. The molecule has 0 amide bonds. The van der Waals surface area contributed by atoms with E-state index < -0.39 is 0 Å². The first-order valence-electron chi connectivity index (χ1n) is 8.33. The van der Waals surface area contributed by atoms with Crippen LogP contribution in [0.25, 0.3) is 0 Å². The van der Waals surface area contributed by atoms with E-state index in [0.29, 0.717) is 19.0 Å². The van der Waals surface area contributed by atoms with E-state index in [1.807, 2.05) is 31.4 Å². The second-order valence-corrected chi connectivity index (χ2v) is 6.22. The van der Waals surface area contributed by atoms with Gasteiger partial charge in [0, 0.05) is 39.6 Å². The number of hydrogen-bond donors (Lipinski definition) is 1. The van der Waals surface area contributed by atoms with Crippen molar-refractivity contribution in [2.24, 2.45) is 18.0 Å². The third-order valence-electron chi connectivity index (χ3n) is 3.61. The van der Waals surface area contributed by atoms with Crippen molar-refractivity contribution in [3.05, 3.63) is 30.4 Å². The summed E-state index contributed by atoms with van der Waals surface area (Å²) in [5.41, 5.74) is 0. The van der Waals surface area contributed by atoms with Crippen LogP contribution >= 0.6 is 0 Å². The van der Waals surface area contributed by atoms with Crippen LogP contribution in [-0.2, 0) is 26.7 Å². The summed E-state index contributed by atoms with van der Waals surface area (Å²) < 4.78 is 3.94. The molecule has 0 aliphatic rings. The van der Waals surface area contributed by atoms with Crippen LogP contribution in [0, 0.1) is 5.92 Å². The predicted octanol–water partition coefficient (Wildman–Crippen LogP) is 1.27. The van der Waals surface area contributed by atoms with Crippen LogP contribution < -0.4 is 5.32 Å². The van der Waals surface area contributed by atoms with Gasteiger partial charge in [0.1, 0.15) is 24.5 Å². The van der Waals surface area contributed by atoms with E-state index in [9.17, 15) is 0 Å². The van der Waals surface area contributed by atoms with Gasteiger partial charge in [-0.15, -0.1) is 0 Å². The van der Waals surface area contributed by atoms with E-state index in [-0.39, 0.29) is 0 Å². The molecule has 0 unspecified atom stereocenters. The van der Waals surface area contributed by atoms with Crippen molar-refractivity contribution in [1.29, 1.82) is 0 Å². The Kier molecular flexibility index (Phi) is 6.34. The smallest absolute Gasteiger partial charge is 0.194 e. The standard InChI is InChI=1S/C16H28N8/c1-6-17-16(22(4)11-15-20-12-21-23(15)5)19-9-14-18-7-8-24(14)10-13(2)3/h7-8,12-13H,6,9-11H2,1-5H3,(H,17,19). The lowest BCUT2D eigenvalue weighted by atomic mass is 10.2. The average molecular weight is 332 g/mol. The molecule has 2 aromatic heterocycles. The molecule has 0 aliphatic carbocycles. The molecule has 2 heterocycles. The topological polar surface area (TPSA) is 76.2 Å². The Balaban J connectivity index is 2.07. The zero-order chi connectivity index (χ0) is 17.5. The van der Waals surface area contributed by atoms with E-state index in [4.69, 9.17) is 4.99 Å². The summed E-state index contributed by atoms with van der Waals surface area (Å²) in [4.78, 5) is 15.5. The Bertz CT molecular complexity index is 655. The molecular formula is C16H28N8. The van der Waals surface area contributed by atoms with Crippen LogP contribution in [0.3, 0.4) is 0 Å². The van der Waals surface area contributed by atoms with Gasteiger partial charge in [0.2, 0.25) is 0 Å². The fraction of sp³-hybridized carbons (Fsp3) is 0.625. The first-order valence-corrected chi connectivity index (χ1v) is 8.33. The quantitative estimate of drug-likeness (QED) is 0.610. The molecular weight excluding hydrogens is 304 g/mol. The predicted molar refractivity (Wildman–Crippen MR) is 94.4 cm³/mol. The molecule has 2 rings (SSSR count). The number of nitrogens with one attached hydrogen (secondary N) is 1. The molecule has 0 aromatic carbocycles. The summed E-state index contributed by atoms with van der Waals surface area (Å²) in [6, 6.07) is 0. The summed E-state index contributed by atoms with van der Waals surface area (Å²) in [7, 11) is 3.89. The number of aryl methyl sites for hydroxylation is 1. The molecule has 0 atom stereocenters. The van der Waals surface area contributed by atoms with Crippen LogP contribution in [0.1, 0.15) is 32.4 Å². The van der Waals surface area contributed by atoms with E-state index in [0.717, 1.165) is 30.7 Å². The minimum Gasteiger partial charge on any atom is -0.357 e. The molecule has 8 nitrogen and oxygen atoms in total. The molecule has 0 aliphatic heterocycles. The molecule has 2 aromatic rings. The van der Waals surface area contributed by atoms with Gasteiger partial charge >= 0.3 is 0 Å². The Morgan fingerprint density at radius 1 is 1.33 bits per heavy atom. The molecule has 8 heteroatoms. The number of guanidine groups is 1. The first kappa shape index (κ1) is 18.0. The van der Waals surface area contributed by atoms with E-state index in [1.165, 1.54) is 0 Å². The van der Waals surface area contributed by atoms with Gasteiger partial charge in [-0.05, 0) is 12.8 Å². The van der Waals surface area contributed by atoms with Crippen molar-refractivity contribution in [1.82, 2.24) is 34.5 Å². The number of nitrogens with zero attached hydrogens (tertiary/aromatic N) is 7. The van der Waals surface area contributed by atoms with Gasteiger partial charge in [-0.1, -0.05) is 13.8 Å². The molecule has 0 bridgehead atoms. The van der Waals surface area contributed by atoms with Gasteiger partial charge in [-0.2, -0.15) is 5.10 Å². The lowest BCUT2D eigenvalue weighted by Gasteiger charge is -2.21. The van der Waals surface area contributed by atoms with E-state index in [1.54, 1.807) is 11.0 Å². The van der Waals surface area contributed by atoms with Gasteiger partial charge in [0.15, 0.2) is 5.96 Å². The van der Waals surface area contributed by atoms with E-state index >= 15 is 0 Å². The Hall–Kier alpha value is -2.38. The summed E-state index contributed by atoms with van der Waals surface area (Å²) >= 11 is 0. The van der Waals surface area contributed by atoms with Crippen LogP contribution in [0.2, 0.25) is 0 Å². The molecule has 0 saturated carbocycles. The molecule has 0 radical (unpaired) electrons. The minimum atomic E-state index is 0.547. The van der Waals surface area contributed by atoms with Crippen molar-refractivity contribution in [2.75, 3.05) is 13.6 Å². The van der Waals surface area contributed by atoms with Crippen LogP contribution in [-0.4, -0.2) is 48.8 Å². The molecule has 0 spiro atoms. The lowest BCUT2D eigenvalue weighted by Crippen LogP contribution is -2.39. The Morgan fingerprint density at radius 2 is 2.12 bits per heavy atom. The van der Waals surface area contributed by atoms with Crippen LogP contribution in [0.4, 0.5) is 0 Å². The zero-order valence-corrected chi connectivity index (χ0v) is 15.3. The lowest BCUT2D eigenvalue weighted by molar-refractivity contribution is 0.447. The Labute approximate surface area is 143 Å². The van der Waals surface area contributed by atoms with E-state index in [2.05, 4.69) is 45.7 Å². The second-order valence-electron chi connectivity index (χ2n) is 6.22. The molecule has 0 saturated heterocycles. The number of aliphatic imine (C=N–C) groups is 1. The number of imidazole rings is 1. The monoisotopic (exact) mass is 332 g/mol. The third kappa shape index (κ3) is 4.81. The fourth-order valence-corrected chi connectivity index (χ4v) is 2.42. The SMILES string of the molecule is CCNC(=NCc1nccn1CC(C)C)N(C)Cc1ncnn1C. The van der Waals surface area contributed by atoms with Gasteiger partial charge < -0.3 is 14.8 Å². The third-order valence-corrected chi connectivity index (χ3v) is 3.61. The zero-order valence-electron chi connectivity index (χ0n) is 15.3. The molecule has 0 fully saturated rings. The maximum Gasteiger partial charge on any atom is 0.194 e. The van der Waals surface area contributed by atoms with Gasteiger partial charge in [-0.25, -0.2) is 15.0 Å². The highest BCUT2D eigenvalue weighted by Gasteiger charge is 2.11. The number of rotatable bonds is 7. The minimum absolute atomic E-state index is 0.547. The first-order chi connectivity index (χ1) is 11.5. The summed E-state index contributed by atoms with van der Waals surface area (Å²) in [6.07, 6.45) is 5.42. The summed E-state index contributed by atoms with van der Waals surface area (Å²) in [6.45, 7) is 9.41. The Morgan fingerprint density at radius 3 is 2.75 bits per heavy atom. The molecule has 1 N–H and O–H groups in total. The van der Waals surface area contributed by atoms with Gasteiger partial charge in [-0.3, -0.25) is 4.68 Å². The highest BCUT2D eigenvalue weighted by molar-refractivity contribution is 5.79. The summed E-state index contributed by atoms with van der Waals surface area (Å²) in [5.74, 6) is 3.28. The van der Waals surface area contributed by atoms with Crippen molar-refractivity contribution >= 4 is 5.96 Å². The maximum atomic E-state index is 4.72. The van der Waals surface area contributed by atoms with Crippen molar-refractivity contribution in [3.8, 4) is 0 Å². The normalized spacial score (nSPS) is 12.0. The second kappa shape index (κ2) is 8.47. The highest BCUT2D eigenvalue weighted by atomic mass is 15.4. The summed E-state index contributed by atoms with van der Waals surface area (Å²) in [5, 5.41) is 7.42.